The number of alkyl halides is 3. The highest BCUT2D eigenvalue weighted by atomic mass is 35.5. The summed E-state index contributed by atoms with van der Waals surface area (Å²) in [4.78, 5) is 25.4. The van der Waals surface area contributed by atoms with Crippen LogP contribution in [0.25, 0.3) is 0 Å². The number of benzene rings is 2. The Kier molecular flexibility index (Phi) is 9.88. The SMILES string of the molecule is O=C(Nc1ccccc1OC[C@@H](O)CN1CCC2(CC1)Cc1cc(Cl)ccc1O2)N1CCCC1.O=C(O)C(F)(F)F. The van der Waals surface area contributed by atoms with Gasteiger partial charge in [-0.25, -0.2) is 9.59 Å². The van der Waals surface area contributed by atoms with Crippen molar-refractivity contribution in [3.63, 3.8) is 0 Å². The number of amides is 2. The number of hydrogen-bond acceptors (Lipinski definition) is 6. The molecule has 3 aliphatic rings. The van der Waals surface area contributed by atoms with E-state index in [9.17, 15) is 23.1 Å². The minimum Gasteiger partial charge on any atom is -0.489 e. The third kappa shape index (κ3) is 8.40. The molecule has 3 heterocycles. The Morgan fingerprint density at radius 2 is 1.76 bits per heavy atom. The standard InChI is InChI=1S/C26H32ClN3O4.C2HF3O2/c27-20-7-8-23-19(15-20)16-26(34-23)9-13-29(14-10-26)17-21(31)18-33-24-6-2-1-5-22(24)28-25(32)30-11-3-4-12-30;3-2(4,5)1(6)7/h1-2,5-8,15,21,31H,3-4,9-14,16-18H2,(H,28,32);(H,6,7)/t21-;/m0./s1. The van der Waals surface area contributed by atoms with Crippen molar-refractivity contribution in [1.82, 2.24) is 9.80 Å². The Morgan fingerprint density at radius 1 is 1.10 bits per heavy atom. The molecule has 0 saturated carbocycles. The third-order valence-corrected chi connectivity index (χ3v) is 7.53. The molecular formula is C28H33ClF3N3O6. The largest absolute Gasteiger partial charge is 0.490 e. The summed E-state index contributed by atoms with van der Waals surface area (Å²) in [5.41, 5.74) is 1.66. The van der Waals surface area contributed by atoms with Crippen molar-refractivity contribution in [2.75, 3.05) is 44.6 Å². The molecule has 13 heteroatoms. The van der Waals surface area contributed by atoms with Gasteiger partial charge in [-0.3, -0.25) is 0 Å². The van der Waals surface area contributed by atoms with Crippen LogP contribution < -0.4 is 14.8 Å². The first-order valence-electron chi connectivity index (χ1n) is 13.4. The second kappa shape index (κ2) is 13.2. The maximum atomic E-state index is 12.4. The number of fused-ring (bicyclic) bond motifs is 1. The molecule has 0 aromatic heterocycles. The number of carboxylic acids is 1. The summed E-state index contributed by atoms with van der Waals surface area (Å²) >= 11 is 6.14. The quantitative estimate of drug-likeness (QED) is 0.437. The minimum absolute atomic E-state index is 0.102. The van der Waals surface area contributed by atoms with E-state index in [1.165, 1.54) is 5.56 Å². The monoisotopic (exact) mass is 599 g/mol. The Labute approximate surface area is 240 Å². The average Bonchev–Trinajstić information content (AvgIpc) is 3.58. The van der Waals surface area contributed by atoms with Crippen LogP contribution in [-0.4, -0.2) is 89.2 Å². The minimum atomic E-state index is -5.08. The van der Waals surface area contributed by atoms with Crippen molar-refractivity contribution in [3.8, 4) is 11.5 Å². The number of anilines is 1. The number of carbonyl (C=O) groups is 2. The number of halogens is 4. The van der Waals surface area contributed by atoms with Crippen LogP contribution in [0.5, 0.6) is 11.5 Å². The molecule has 5 rings (SSSR count). The summed E-state index contributed by atoms with van der Waals surface area (Å²) < 4.78 is 44.0. The first-order valence-corrected chi connectivity index (χ1v) is 13.8. The number of nitrogens with zero attached hydrogens (tertiary/aromatic N) is 2. The molecule has 0 unspecified atom stereocenters. The van der Waals surface area contributed by atoms with Gasteiger partial charge in [-0.05, 0) is 48.7 Å². The molecule has 41 heavy (non-hydrogen) atoms. The molecule has 0 radical (unpaired) electrons. The highest BCUT2D eigenvalue weighted by Gasteiger charge is 2.42. The number of aliphatic hydroxyl groups excluding tert-OH is 1. The lowest BCUT2D eigenvalue weighted by molar-refractivity contribution is -0.192. The van der Waals surface area contributed by atoms with E-state index in [1.807, 2.05) is 47.4 Å². The summed E-state index contributed by atoms with van der Waals surface area (Å²) in [6.07, 6.45) is -0.901. The van der Waals surface area contributed by atoms with E-state index in [2.05, 4.69) is 10.2 Å². The molecule has 2 amide bonds. The lowest BCUT2D eigenvalue weighted by Crippen LogP contribution is -2.49. The van der Waals surface area contributed by atoms with E-state index < -0.39 is 18.2 Å². The van der Waals surface area contributed by atoms with Gasteiger partial charge in [0.2, 0.25) is 0 Å². The Balaban J connectivity index is 0.000000493. The first-order chi connectivity index (χ1) is 19.4. The first kappa shape index (κ1) is 30.7. The van der Waals surface area contributed by atoms with Crippen LogP contribution in [0.2, 0.25) is 5.02 Å². The number of carboxylic acid groups (broad SMARTS) is 1. The van der Waals surface area contributed by atoms with E-state index in [1.54, 1.807) is 0 Å². The summed E-state index contributed by atoms with van der Waals surface area (Å²) in [6, 6.07) is 13.1. The topological polar surface area (TPSA) is 112 Å². The highest BCUT2D eigenvalue weighted by Crippen LogP contribution is 2.42. The molecule has 224 valence electrons. The Hall–Kier alpha value is -3.22. The molecule has 2 aromatic rings. The van der Waals surface area contributed by atoms with Gasteiger partial charge >= 0.3 is 18.2 Å². The van der Waals surface area contributed by atoms with E-state index in [-0.39, 0.29) is 18.2 Å². The van der Waals surface area contributed by atoms with Gasteiger partial charge in [0.1, 0.15) is 29.8 Å². The maximum absolute atomic E-state index is 12.4. The van der Waals surface area contributed by atoms with Crippen molar-refractivity contribution in [1.29, 1.82) is 0 Å². The number of likely N-dealkylation sites (tertiary alicyclic amines) is 2. The summed E-state index contributed by atoms with van der Waals surface area (Å²) in [7, 11) is 0. The van der Waals surface area contributed by atoms with Crippen molar-refractivity contribution < 1.29 is 42.4 Å². The number of piperidine rings is 1. The fourth-order valence-corrected chi connectivity index (χ4v) is 5.37. The number of aliphatic hydroxyl groups is 1. The molecule has 2 saturated heterocycles. The van der Waals surface area contributed by atoms with Gasteiger partial charge in [0.15, 0.2) is 0 Å². The van der Waals surface area contributed by atoms with E-state index in [4.69, 9.17) is 31.0 Å². The van der Waals surface area contributed by atoms with Crippen molar-refractivity contribution in [2.45, 2.75) is 50.0 Å². The molecule has 0 aliphatic carbocycles. The normalized spacial score (nSPS) is 18.6. The summed E-state index contributed by atoms with van der Waals surface area (Å²) in [5.74, 6) is -1.24. The molecule has 1 spiro atoms. The van der Waals surface area contributed by atoms with Gasteiger partial charge in [0.05, 0.1) is 5.69 Å². The predicted octanol–water partition coefficient (Wildman–Crippen LogP) is 4.81. The number of carbonyl (C=O) groups excluding carboxylic acids is 1. The molecule has 3 aliphatic heterocycles. The van der Waals surface area contributed by atoms with Crippen molar-refractivity contribution in [3.05, 3.63) is 53.1 Å². The zero-order valence-electron chi connectivity index (χ0n) is 22.3. The lowest BCUT2D eigenvalue weighted by atomic mass is 9.87. The van der Waals surface area contributed by atoms with E-state index >= 15 is 0 Å². The van der Waals surface area contributed by atoms with Crippen molar-refractivity contribution >= 4 is 29.3 Å². The van der Waals surface area contributed by atoms with Crippen LogP contribution in [0.4, 0.5) is 23.7 Å². The van der Waals surface area contributed by atoms with Gasteiger partial charge in [-0.1, -0.05) is 23.7 Å². The lowest BCUT2D eigenvalue weighted by Gasteiger charge is -2.39. The molecule has 3 N–H and O–H groups in total. The van der Waals surface area contributed by atoms with Crippen LogP contribution in [0, 0.1) is 0 Å². The third-order valence-electron chi connectivity index (χ3n) is 7.29. The Bertz CT molecular complexity index is 1220. The van der Waals surface area contributed by atoms with Crippen LogP contribution >= 0.6 is 11.6 Å². The van der Waals surface area contributed by atoms with Gasteiger partial charge in [0.25, 0.3) is 0 Å². The van der Waals surface area contributed by atoms with Crippen LogP contribution in [-0.2, 0) is 11.2 Å². The average molecular weight is 600 g/mol. The molecule has 1 atom stereocenters. The van der Waals surface area contributed by atoms with Crippen LogP contribution in [0.1, 0.15) is 31.2 Å². The molecule has 0 bridgehead atoms. The molecule has 9 nitrogen and oxygen atoms in total. The number of β-amino-alcohol motifs (C(OH)–C–C–N with tert-alkyl or cyclic N) is 1. The zero-order chi connectivity index (χ0) is 29.6. The van der Waals surface area contributed by atoms with Gasteiger partial charge in [0, 0.05) is 57.0 Å². The number of ether oxygens (including phenoxy) is 2. The zero-order valence-corrected chi connectivity index (χ0v) is 23.1. The highest BCUT2D eigenvalue weighted by molar-refractivity contribution is 6.30. The van der Waals surface area contributed by atoms with E-state index in [0.29, 0.717) is 18.0 Å². The number of urea groups is 1. The second-order valence-corrected chi connectivity index (χ2v) is 10.8. The van der Waals surface area contributed by atoms with Gasteiger partial charge in [-0.15, -0.1) is 0 Å². The predicted molar refractivity (Wildman–Crippen MR) is 146 cm³/mol. The molecule has 2 aromatic carbocycles. The number of para-hydroxylation sites is 2. The number of aliphatic carboxylic acids is 1. The smallest absolute Gasteiger partial charge is 0.489 e. The van der Waals surface area contributed by atoms with Crippen LogP contribution in [0.3, 0.4) is 0 Å². The summed E-state index contributed by atoms with van der Waals surface area (Å²) in [5, 5.41) is 21.4. The Morgan fingerprint density at radius 3 is 2.41 bits per heavy atom. The molecule has 2 fully saturated rings. The number of hydrogen-bond donors (Lipinski definition) is 3. The van der Waals surface area contributed by atoms with Gasteiger partial charge < -0.3 is 34.8 Å². The maximum Gasteiger partial charge on any atom is 0.490 e. The second-order valence-electron chi connectivity index (χ2n) is 10.4. The fraction of sp³-hybridized carbons (Fsp3) is 0.500. The van der Waals surface area contributed by atoms with Crippen LogP contribution in [0.15, 0.2) is 42.5 Å². The summed E-state index contributed by atoms with van der Waals surface area (Å²) in [6.45, 7) is 4.00. The fourth-order valence-electron chi connectivity index (χ4n) is 5.17. The molecular weight excluding hydrogens is 567 g/mol. The van der Waals surface area contributed by atoms with Gasteiger partial charge in [-0.2, -0.15) is 13.2 Å². The number of rotatable bonds is 6. The van der Waals surface area contributed by atoms with E-state index in [0.717, 1.165) is 69.1 Å². The van der Waals surface area contributed by atoms with Crippen molar-refractivity contribution in [2.24, 2.45) is 0 Å². The number of nitrogens with one attached hydrogen (secondary N) is 1.